The van der Waals surface area contributed by atoms with Crippen molar-refractivity contribution >= 4 is 17.7 Å². The van der Waals surface area contributed by atoms with E-state index in [1.54, 1.807) is 6.08 Å². The molecule has 0 atom stereocenters. The highest BCUT2D eigenvalue weighted by atomic mass is 35.5. The minimum absolute atomic E-state index is 0.757. The topological polar surface area (TPSA) is 12.0 Å². The largest absolute Gasteiger partial charge is 0.320 e. The predicted octanol–water partition coefficient (Wildman–Crippen LogP) is 5.41. The Morgan fingerprint density at radius 1 is 1.26 bits per heavy atom. The summed E-state index contributed by atoms with van der Waals surface area (Å²) in [6.07, 6.45) is 7.29. The van der Waals surface area contributed by atoms with Crippen LogP contribution in [-0.2, 0) is 0 Å². The Bertz CT molecular complexity index is 334. The smallest absolute Gasteiger partial charge is 0.0411 e. The van der Waals surface area contributed by atoms with E-state index in [-0.39, 0.29) is 0 Å². The molecule has 0 aliphatic rings. The summed E-state index contributed by atoms with van der Waals surface area (Å²) in [7, 11) is 2.02. The molecular formula is C17H28ClN. The third kappa shape index (κ3) is 12.0. The molecule has 1 aromatic rings. The molecule has 0 bridgehead atoms. The first-order valence-corrected chi connectivity index (χ1v) is 7.50. The first-order valence-electron chi connectivity index (χ1n) is 7.12. The summed E-state index contributed by atoms with van der Waals surface area (Å²) in [5.74, 6) is 0.884. The van der Waals surface area contributed by atoms with E-state index in [0.717, 1.165) is 16.5 Å². The SMILES string of the molecule is C=Cc1cccc(Cl)c1.CNCCCCCC(C)C. The van der Waals surface area contributed by atoms with Gasteiger partial charge in [0, 0.05) is 5.02 Å². The molecule has 0 heterocycles. The molecular weight excluding hydrogens is 254 g/mol. The van der Waals surface area contributed by atoms with Gasteiger partial charge in [0.1, 0.15) is 0 Å². The molecule has 0 aliphatic heterocycles. The van der Waals surface area contributed by atoms with Crippen LogP contribution in [0.1, 0.15) is 45.1 Å². The molecule has 0 spiro atoms. The second-order valence-corrected chi connectivity index (χ2v) is 5.54. The quantitative estimate of drug-likeness (QED) is 0.659. The van der Waals surface area contributed by atoms with Crippen LogP contribution in [0.2, 0.25) is 5.02 Å². The van der Waals surface area contributed by atoms with Crippen LogP contribution in [-0.4, -0.2) is 13.6 Å². The molecule has 1 N–H and O–H groups in total. The van der Waals surface area contributed by atoms with E-state index in [2.05, 4.69) is 25.7 Å². The highest BCUT2D eigenvalue weighted by Crippen LogP contribution is 2.10. The average Bonchev–Trinajstić information content (AvgIpc) is 2.39. The maximum Gasteiger partial charge on any atom is 0.0411 e. The molecule has 0 fully saturated rings. The van der Waals surface area contributed by atoms with Crippen molar-refractivity contribution in [3.8, 4) is 0 Å². The van der Waals surface area contributed by atoms with Crippen LogP contribution >= 0.6 is 11.6 Å². The monoisotopic (exact) mass is 281 g/mol. The van der Waals surface area contributed by atoms with E-state index in [1.807, 2.05) is 31.3 Å². The minimum atomic E-state index is 0.757. The molecule has 0 saturated carbocycles. The van der Waals surface area contributed by atoms with E-state index in [0.29, 0.717) is 0 Å². The van der Waals surface area contributed by atoms with E-state index in [1.165, 1.54) is 32.2 Å². The van der Waals surface area contributed by atoms with Crippen LogP contribution in [0, 0.1) is 5.92 Å². The molecule has 0 radical (unpaired) electrons. The lowest BCUT2D eigenvalue weighted by Crippen LogP contribution is -2.07. The van der Waals surface area contributed by atoms with Gasteiger partial charge in [-0.15, -0.1) is 0 Å². The van der Waals surface area contributed by atoms with Crippen molar-refractivity contribution < 1.29 is 0 Å². The zero-order valence-corrected chi connectivity index (χ0v) is 13.3. The summed E-state index contributed by atoms with van der Waals surface area (Å²) in [5.41, 5.74) is 1.06. The van der Waals surface area contributed by atoms with E-state index < -0.39 is 0 Å². The van der Waals surface area contributed by atoms with Gasteiger partial charge in [-0.25, -0.2) is 0 Å². The number of halogens is 1. The highest BCUT2D eigenvalue weighted by molar-refractivity contribution is 6.30. The Morgan fingerprint density at radius 2 is 2.00 bits per heavy atom. The predicted molar refractivity (Wildman–Crippen MR) is 88.8 cm³/mol. The standard InChI is InChI=1S/C9H21N.C8H7Cl/c1-9(2)7-5-4-6-8-10-3;1-2-7-4-3-5-8(9)6-7/h9-10H,4-8H2,1-3H3;2-6H,1H2. The number of rotatable bonds is 7. The van der Waals surface area contributed by atoms with Gasteiger partial charge in [0.15, 0.2) is 0 Å². The minimum Gasteiger partial charge on any atom is -0.320 e. The summed E-state index contributed by atoms with van der Waals surface area (Å²) in [6, 6.07) is 7.57. The van der Waals surface area contributed by atoms with E-state index in [4.69, 9.17) is 11.6 Å². The Kier molecular flexibility index (Phi) is 11.7. The summed E-state index contributed by atoms with van der Waals surface area (Å²) < 4.78 is 0. The van der Waals surface area contributed by atoms with Gasteiger partial charge in [0.2, 0.25) is 0 Å². The van der Waals surface area contributed by atoms with Gasteiger partial charge < -0.3 is 5.32 Å². The van der Waals surface area contributed by atoms with Gasteiger partial charge in [0.25, 0.3) is 0 Å². The molecule has 19 heavy (non-hydrogen) atoms. The maximum atomic E-state index is 5.68. The number of hydrogen-bond acceptors (Lipinski definition) is 1. The van der Waals surface area contributed by atoms with Crippen molar-refractivity contribution in [1.82, 2.24) is 5.32 Å². The lowest BCUT2D eigenvalue weighted by atomic mass is 10.1. The molecule has 108 valence electrons. The third-order valence-electron chi connectivity index (χ3n) is 2.79. The zero-order chi connectivity index (χ0) is 14.5. The molecule has 0 aliphatic carbocycles. The lowest BCUT2D eigenvalue weighted by Gasteiger charge is -2.03. The first-order chi connectivity index (χ1) is 9.10. The van der Waals surface area contributed by atoms with Gasteiger partial charge in [0.05, 0.1) is 0 Å². The van der Waals surface area contributed by atoms with Crippen molar-refractivity contribution in [3.63, 3.8) is 0 Å². The van der Waals surface area contributed by atoms with E-state index >= 15 is 0 Å². The fraction of sp³-hybridized carbons (Fsp3) is 0.529. The van der Waals surface area contributed by atoms with Crippen molar-refractivity contribution in [2.75, 3.05) is 13.6 Å². The Morgan fingerprint density at radius 3 is 2.47 bits per heavy atom. The summed E-state index contributed by atoms with van der Waals surface area (Å²) >= 11 is 5.68. The van der Waals surface area contributed by atoms with Gasteiger partial charge in [-0.1, -0.05) is 69.5 Å². The van der Waals surface area contributed by atoms with Crippen LogP contribution in [0.25, 0.3) is 6.08 Å². The van der Waals surface area contributed by atoms with Crippen molar-refractivity contribution in [2.24, 2.45) is 5.92 Å². The summed E-state index contributed by atoms with van der Waals surface area (Å²) in [6.45, 7) is 9.37. The van der Waals surface area contributed by atoms with Crippen LogP contribution in [0.4, 0.5) is 0 Å². The zero-order valence-electron chi connectivity index (χ0n) is 12.6. The normalized spacial score (nSPS) is 9.95. The van der Waals surface area contributed by atoms with Gasteiger partial charge in [-0.05, 0) is 43.6 Å². The molecule has 0 aromatic heterocycles. The maximum absolute atomic E-state index is 5.68. The van der Waals surface area contributed by atoms with Crippen LogP contribution in [0.3, 0.4) is 0 Å². The fourth-order valence-electron chi connectivity index (χ4n) is 1.66. The summed E-state index contributed by atoms with van der Waals surface area (Å²) in [4.78, 5) is 0. The Labute approximate surface area is 124 Å². The Balaban J connectivity index is 0.000000342. The second-order valence-electron chi connectivity index (χ2n) is 5.11. The molecule has 0 saturated heterocycles. The van der Waals surface area contributed by atoms with Gasteiger partial charge in [-0.2, -0.15) is 0 Å². The van der Waals surface area contributed by atoms with Crippen molar-refractivity contribution in [2.45, 2.75) is 39.5 Å². The second kappa shape index (κ2) is 12.3. The van der Waals surface area contributed by atoms with Crippen molar-refractivity contribution in [3.05, 3.63) is 41.4 Å². The number of nitrogens with one attached hydrogen (secondary N) is 1. The highest BCUT2D eigenvalue weighted by Gasteiger charge is 1.92. The van der Waals surface area contributed by atoms with Gasteiger partial charge >= 0.3 is 0 Å². The first kappa shape index (κ1) is 18.2. The number of unbranched alkanes of at least 4 members (excludes halogenated alkanes) is 2. The van der Waals surface area contributed by atoms with Crippen LogP contribution in [0.5, 0.6) is 0 Å². The molecule has 0 unspecified atom stereocenters. The number of benzene rings is 1. The molecule has 1 aromatic carbocycles. The number of hydrogen-bond donors (Lipinski definition) is 1. The molecule has 1 nitrogen and oxygen atoms in total. The van der Waals surface area contributed by atoms with Crippen molar-refractivity contribution in [1.29, 1.82) is 0 Å². The Hall–Kier alpha value is -0.790. The van der Waals surface area contributed by atoms with Crippen LogP contribution in [0.15, 0.2) is 30.8 Å². The van der Waals surface area contributed by atoms with Gasteiger partial charge in [-0.3, -0.25) is 0 Å². The summed E-state index contributed by atoms with van der Waals surface area (Å²) in [5, 5.41) is 3.91. The molecule has 2 heteroatoms. The fourth-order valence-corrected chi connectivity index (χ4v) is 1.86. The third-order valence-corrected chi connectivity index (χ3v) is 3.03. The van der Waals surface area contributed by atoms with E-state index in [9.17, 15) is 0 Å². The average molecular weight is 282 g/mol. The molecule has 0 amide bonds. The molecule has 1 rings (SSSR count). The van der Waals surface area contributed by atoms with Crippen LogP contribution < -0.4 is 5.32 Å². The lowest BCUT2D eigenvalue weighted by molar-refractivity contribution is 0.522.